The first-order valence-corrected chi connectivity index (χ1v) is 12.6. The maximum atomic E-state index is 13.3. The molecule has 2 aliphatic heterocycles. The molecule has 0 radical (unpaired) electrons. The number of sulfonamides is 1. The SMILES string of the molecule is Cc1nc([C@@H]2CCCN(C(=O)c3ccccc3NS(C)(=O)=O)C2)nc2c1CCCN2C. The van der Waals surface area contributed by atoms with Gasteiger partial charge in [-0.1, -0.05) is 12.1 Å². The number of piperidine rings is 1. The molecule has 166 valence electrons. The van der Waals surface area contributed by atoms with Crippen molar-refractivity contribution in [2.45, 2.75) is 38.5 Å². The molecule has 0 unspecified atom stereocenters. The Morgan fingerprint density at radius 3 is 2.71 bits per heavy atom. The van der Waals surface area contributed by atoms with E-state index in [1.54, 1.807) is 29.2 Å². The molecular formula is C22H29N5O3S. The average molecular weight is 444 g/mol. The number of aryl methyl sites for hydroxylation is 1. The molecule has 1 aromatic carbocycles. The molecule has 1 amide bonds. The van der Waals surface area contributed by atoms with Gasteiger partial charge >= 0.3 is 0 Å². The van der Waals surface area contributed by atoms with Gasteiger partial charge in [0.1, 0.15) is 11.6 Å². The Hall–Kier alpha value is -2.68. The van der Waals surface area contributed by atoms with E-state index in [1.807, 2.05) is 6.92 Å². The van der Waals surface area contributed by atoms with Crippen molar-refractivity contribution in [1.82, 2.24) is 14.9 Å². The van der Waals surface area contributed by atoms with Crippen LogP contribution in [0.4, 0.5) is 11.5 Å². The zero-order chi connectivity index (χ0) is 22.2. The molecule has 2 aliphatic rings. The molecule has 8 nitrogen and oxygen atoms in total. The Kier molecular flexibility index (Phi) is 5.88. The van der Waals surface area contributed by atoms with Crippen molar-refractivity contribution in [3.05, 3.63) is 46.9 Å². The van der Waals surface area contributed by atoms with Crippen LogP contribution in [0, 0.1) is 6.92 Å². The Labute approximate surface area is 183 Å². The van der Waals surface area contributed by atoms with E-state index in [-0.39, 0.29) is 11.8 Å². The van der Waals surface area contributed by atoms with Gasteiger partial charge in [0.15, 0.2) is 0 Å². The summed E-state index contributed by atoms with van der Waals surface area (Å²) in [6, 6.07) is 6.73. The van der Waals surface area contributed by atoms with Gasteiger partial charge < -0.3 is 9.80 Å². The largest absolute Gasteiger partial charge is 0.359 e. The maximum Gasteiger partial charge on any atom is 0.256 e. The van der Waals surface area contributed by atoms with E-state index in [9.17, 15) is 13.2 Å². The average Bonchev–Trinajstić information content (AvgIpc) is 2.73. The van der Waals surface area contributed by atoms with Gasteiger partial charge in [0.2, 0.25) is 10.0 Å². The first kappa shape index (κ1) is 21.5. The van der Waals surface area contributed by atoms with Crippen LogP contribution in [0.15, 0.2) is 24.3 Å². The summed E-state index contributed by atoms with van der Waals surface area (Å²) in [5.41, 5.74) is 2.91. The van der Waals surface area contributed by atoms with Crippen molar-refractivity contribution in [3.8, 4) is 0 Å². The highest BCUT2D eigenvalue weighted by atomic mass is 32.2. The lowest BCUT2D eigenvalue weighted by Gasteiger charge is -2.34. The van der Waals surface area contributed by atoms with Gasteiger partial charge in [0.25, 0.3) is 5.91 Å². The van der Waals surface area contributed by atoms with Gasteiger partial charge in [-0.3, -0.25) is 9.52 Å². The van der Waals surface area contributed by atoms with Crippen LogP contribution in [0.25, 0.3) is 0 Å². The summed E-state index contributed by atoms with van der Waals surface area (Å²) in [6.07, 6.45) is 4.98. The summed E-state index contributed by atoms with van der Waals surface area (Å²) in [7, 11) is -1.42. The Balaban J connectivity index is 1.58. The summed E-state index contributed by atoms with van der Waals surface area (Å²) in [5.74, 6) is 1.69. The number of aromatic nitrogens is 2. The number of rotatable bonds is 4. The first-order valence-electron chi connectivity index (χ1n) is 10.7. The second kappa shape index (κ2) is 8.45. The van der Waals surface area contributed by atoms with Crippen molar-refractivity contribution in [3.63, 3.8) is 0 Å². The molecule has 0 bridgehead atoms. The minimum atomic E-state index is -3.48. The fourth-order valence-corrected chi connectivity index (χ4v) is 5.07. The van der Waals surface area contributed by atoms with Crippen LogP contribution in [-0.2, 0) is 16.4 Å². The number of hydrogen-bond acceptors (Lipinski definition) is 6. The number of hydrogen-bond donors (Lipinski definition) is 1. The van der Waals surface area contributed by atoms with Gasteiger partial charge in [0, 0.05) is 43.9 Å². The predicted molar refractivity (Wildman–Crippen MR) is 121 cm³/mol. The summed E-state index contributed by atoms with van der Waals surface area (Å²) < 4.78 is 25.9. The number of amides is 1. The quantitative estimate of drug-likeness (QED) is 0.780. The lowest BCUT2D eigenvalue weighted by molar-refractivity contribution is 0.0705. The molecule has 0 aliphatic carbocycles. The van der Waals surface area contributed by atoms with Crippen LogP contribution in [0.5, 0.6) is 0 Å². The zero-order valence-electron chi connectivity index (χ0n) is 18.3. The third-order valence-electron chi connectivity index (χ3n) is 6.02. The molecule has 9 heteroatoms. The highest BCUT2D eigenvalue weighted by Gasteiger charge is 2.30. The fourth-order valence-electron chi connectivity index (χ4n) is 4.49. The van der Waals surface area contributed by atoms with Crippen LogP contribution in [-0.4, -0.2) is 62.1 Å². The number of likely N-dealkylation sites (tertiary alicyclic amines) is 1. The highest BCUT2D eigenvalue weighted by molar-refractivity contribution is 7.92. The number of nitrogens with one attached hydrogen (secondary N) is 1. The smallest absolute Gasteiger partial charge is 0.256 e. The van der Waals surface area contributed by atoms with Crippen LogP contribution < -0.4 is 9.62 Å². The standard InChI is InChI=1S/C22H29N5O3S/c1-15-17-10-7-12-26(2)21(17)24-20(23-15)16-8-6-13-27(14-16)22(28)18-9-4-5-11-19(18)25-31(3,29)30/h4-5,9,11,16,25H,6-8,10,12-14H2,1-3H3/t16-/m1/s1. The Bertz CT molecular complexity index is 1100. The van der Waals surface area contributed by atoms with Gasteiger partial charge in [-0.25, -0.2) is 18.4 Å². The lowest BCUT2D eigenvalue weighted by atomic mass is 9.95. The van der Waals surface area contributed by atoms with Gasteiger partial charge in [-0.15, -0.1) is 0 Å². The second-order valence-corrected chi connectivity index (χ2v) is 10.3. The molecule has 4 rings (SSSR count). The van der Waals surface area contributed by atoms with Gasteiger partial charge in [-0.2, -0.15) is 0 Å². The van der Waals surface area contributed by atoms with E-state index < -0.39 is 10.0 Å². The molecule has 1 aromatic heterocycles. The Morgan fingerprint density at radius 1 is 1.16 bits per heavy atom. The van der Waals surface area contributed by atoms with E-state index in [1.165, 1.54) is 5.56 Å². The first-order chi connectivity index (χ1) is 14.7. The van der Waals surface area contributed by atoms with Crippen LogP contribution >= 0.6 is 0 Å². The molecule has 0 saturated carbocycles. The summed E-state index contributed by atoms with van der Waals surface area (Å²) in [5, 5.41) is 0. The summed E-state index contributed by atoms with van der Waals surface area (Å²) in [4.78, 5) is 27.0. The van der Waals surface area contributed by atoms with Crippen molar-refractivity contribution < 1.29 is 13.2 Å². The molecule has 1 atom stereocenters. The van der Waals surface area contributed by atoms with Crippen LogP contribution in [0.3, 0.4) is 0 Å². The monoisotopic (exact) mass is 443 g/mol. The van der Waals surface area contributed by atoms with E-state index in [2.05, 4.69) is 16.7 Å². The maximum absolute atomic E-state index is 13.3. The van der Waals surface area contributed by atoms with Crippen LogP contribution in [0.1, 0.15) is 52.6 Å². The number of para-hydroxylation sites is 1. The number of benzene rings is 1. The second-order valence-electron chi connectivity index (χ2n) is 8.50. The van der Waals surface area contributed by atoms with Gasteiger partial charge in [0.05, 0.1) is 17.5 Å². The molecular weight excluding hydrogens is 414 g/mol. The van der Waals surface area contributed by atoms with Crippen molar-refractivity contribution in [2.24, 2.45) is 0 Å². The number of carbonyl (C=O) groups is 1. The zero-order valence-corrected chi connectivity index (χ0v) is 19.1. The number of fused-ring (bicyclic) bond motifs is 1. The minimum Gasteiger partial charge on any atom is -0.359 e. The minimum absolute atomic E-state index is 0.0621. The molecule has 31 heavy (non-hydrogen) atoms. The summed E-state index contributed by atoms with van der Waals surface area (Å²) in [6.45, 7) is 4.19. The van der Waals surface area contributed by atoms with Crippen molar-refractivity contribution >= 4 is 27.4 Å². The van der Waals surface area contributed by atoms with Crippen molar-refractivity contribution in [2.75, 3.05) is 42.6 Å². The lowest BCUT2D eigenvalue weighted by Crippen LogP contribution is -2.40. The molecule has 2 aromatic rings. The number of nitrogens with zero attached hydrogens (tertiary/aromatic N) is 4. The molecule has 1 saturated heterocycles. The Morgan fingerprint density at radius 2 is 1.94 bits per heavy atom. The van der Waals surface area contributed by atoms with E-state index >= 15 is 0 Å². The number of anilines is 2. The fraction of sp³-hybridized carbons (Fsp3) is 0.500. The normalized spacial score (nSPS) is 19.1. The molecule has 1 fully saturated rings. The topological polar surface area (TPSA) is 95.5 Å². The third kappa shape index (κ3) is 4.66. The third-order valence-corrected chi connectivity index (χ3v) is 6.61. The van der Waals surface area contributed by atoms with E-state index in [4.69, 9.17) is 9.97 Å². The predicted octanol–water partition coefficient (Wildman–Crippen LogP) is 2.56. The van der Waals surface area contributed by atoms with E-state index in [0.29, 0.717) is 24.3 Å². The number of carbonyl (C=O) groups excluding carboxylic acids is 1. The van der Waals surface area contributed by atoms with Crippen LogP contribution in [0.2, 0.25) is 0 Å². The van der Waals surface area contributed by atoms with E-state index in [0.717, 1.165) is 55.8 Å². The highest BCUT2D eigenvalue weighted by Crippen LogP contribution is 2.32. The molecule has 0 spiro atoms. The summed E-state index contributed by atoms with van der Waals surface area (Å²) >= 11 is 0. The van der Waals surface area contributed by atoms with Gasteiger partial charge in [-0.05, 0) is 44.7 Å². The van der Waals surface area contributed by atoms with Crippen molar-refractivity contribution in [1.29, 1.82) is 0 Å². The molecule has 3 heterocycles. The molecule has 1 N–H and O–H groups in total.